The van der Waals surface area contributed by atoms with Gasteiger partial charge in [-0.15, -0.1) is 0 Å². The zero-order valence-electron chi connectivity index (χ0n) is 7.69. The van der Waals surface area contributed by atoms with Gasteiger partial charge in [-0.05, 0) is 30.6 Å². The highest BCUT2D eigenvalue weighted by atomic mass is 32.1. The SMILES string of the molecule is CC(=O)CC(=O)n1sc2ccccc21. The smallest absolute Gasteiger partial charge is 0.247 e. The van der Waals surface area contributed by atoms with Crippen molar-refractivity contribution in [2.75, 3.05) is 0 Å². The van der Waals surface area contributed by atoms with Crippen molar-refractivity contribution in [2.45, 2.75) is 13.3 Å². The number of fused-ring (bicyclic) bond motifs is 1. The normalized spacial score (nSPS) is 10.6. The Kier molecular flexibility index (Phi) is 2.21. The van der Waals surface area contributed by atoms with Gasteiger partial charge in [0.15, 0.2) is 0 Å². The summed E-state index contributed by atoms with van der Waals surface area (Å²) in [7, 11) is 0. The molecule has 0 N–H and O–H groups in total. The van der Waals surface area contributed by atoms with E-state index >= 15 is 0 Å². The van der Waals surface area contributed by atoms with Crippen LogP contribution in [0.1, 0.15) is 18.1 Å². The summed E-state index contributed by atoms with van der Waals surface area (Å²) in [6.45, 7) is 1.42. The van der Waals surface area contributed by atoms with Crippen molar-refractivity contribution in [3.63, 3.8) is 0 Å². The third-order valence-corrected chi connectivity index (χ3v) is 3.03. The monoisotopic (exact) mass is 207 g/mol. The molecule has 1 heterocycles. The molecule has 0 aliphatic heterocycles. The number of para-hydroxylation sites is 1. The van der Waals surface area contributed by atoms with Gasteiger partial charge in [0.05, 0.1) is 16.6 Å². The summed E-state index contributed by atoms with van der Waals surface area (Å²) in [5, 5.41) is 0. The molecule has 0 saturated heterocycles. The first kappa shape index (κ1) is 9.15. The fourth-order valence-corrected chi connectivity index (χ4v) is 2.16. The van der Waals surface area contributed by atoms with Crippen LogP contribution < -0.4 is 0 Å². The second-order valence-electron chi connectivity index (χ2n) is 3.13. The fraction of sp³-hybridized carbons (Fsp3) is 0.200. The minimum Gasteiger partial charge on any atom is -0.299 e. The first-order chi connectivity index (χ1) is 6.68. The largest absolute Gasteiger partial charge is 0.299 e. The summed E-state index contributed by atoms with van der Waals surface area (Å²) < 4.78 is 2.65. The van der Waals surface area contributed by atoms with Crippen LogP contribution in [0.4, 0.5) is 0 Å². The summed E-state index contributed by atoms with van der Waals surface area (Å²) in [4.78, 5) is 22.2. The Morgan fingerprint density at radius 3 is 2.71 bits per heavy atom. The molecule has 0 fully saturated rings. The van der Waals surface area contributed by atoms with Crippen molar-refractivity contribution in [3.05, 3.63) is 24.3 Å². The predicted molar refractivity (Wildman–Crippen MR) is 55.7 cm³/mol. The van der Waals surface area contributed by atoms with Gasteiger partial charge in [-0.1, -0.05) is 12.1 Å². The molecular formula is C10H9NO2S. The molecule has 0 bridgehead atoms. The molecule has 0 amide bonds. The lowest BCUT2D eigenvalue weighted by Crippen LogP contribution is -2.14. The van der Waals surface area contributed by atoms with E-state index < -0.39 is 0 Å². The molecule has 0 spiro atoms. The van der Waals surface area contributed by atoms with Gasteiger partial charge in [0, 0.05) is 0 Å². The molecule has 0 aliphatic carbocycles. The molecule has 14 heavy (non-hydrogen) atoms. The average Bonchev–Trinajstić information content (AvgIpc) is 2.05. The number of aromatic nitrogens is 1. The fourth-order valence-electron chi connectivity index (χ4n) is 1.28. The molecule has 72 valence electrons. The Labute approximate surface area is 85.1 Å². The molecule has 3 nitrogen and oxygen atoms in total. The van der Waals surface area contributed by atoms with E-state index in [9.17, 15) is 9.59 Å². The number of ketones is 1. The minimum atomic E-state index is -0.138. The molecule has 0 radical (unpaired) electrons. The second-order valence-corrected chi connectivity index (χ2v) is 4.11. The minimum absolute atomic E-state index is 0.0126. The van der Waals surface area contributed by atoms with Crippen LogP contribution in [0.25, 0.3) is 10.2 Å². The summed E-state index contributed by atoms with van der Waals surface area (Å²) >= 11 is 1.38. The highest BCUT2D eigenvalue weighted by molar-refractivity contribution is 7.17. The number of hydrogen-bond donors (Lipinski definition) is 0. The molecule has 0 aliphatic rings. The number of benzene rings is 1. The molecule has 4 heteroatoms. The zero-order chi connectivity index (χ0) is 10.1. The van der Waals surface area contributed by atoms with Crippen molar-refractivity contribution in [3.8, 4) is 0 Å². The van der Waals surface area contributed by atoms with Crippen molar-refractivity contribution in [1.29, 1.82) is 0 Å². The molecular weight excluding hydrogens is 198 g/mol. The molecule has 1 aromatic heterocycles. The van der Waals surface area contributed by atoms with E-state index in [0.29, 0.717) is 0 Å². The molecule has 1 aromatic carbocycles. The van der Waals surface area contributed by atoms with Crippen molar-refractivity contribution < 1.29 is 9.59 Å². The highest BCUT2D eigenvalue weighted by Crippen LogP contribution is 2.25. The number of carbonyl (C=O) groups excluding carboxylic acids is 2. The van der Waals surface area contributed by atoms with Gasteiger partial charge in [0.1, 0.15) is 5.78 Å². The number of carbonyl (C=O) groups is 2. The van der Waals surface area contributed by atoms with Crippen molar-refractivity contribution in [1.82, 2.24) is 3.96 Å². The molecule has 2 rings (SSSR count). The van der Waals surface area contributed by atoms with E-state index in [-0.39, 0.29) is 18.1 Å². The molecule has 0 saturated carbocycles. The van der Waals surface area contributed by atoms with E-state index in [0.717, 1.165) is 10.2 Å². The van der Waals surface area contributed by atoms with Gasteiger partial charge < -0.3 is 0 Å². The Morgan fingerprint density at radius 2 is 2.07 bits per heavy atom. The Balaban J connectivity index is 2.29. The standard InChI is InChI=1S/C10H9NO2S/c1-7(12)6-10(13)11-8-4-2-3-5-9(8)14-11/h2-5H,6H2,1H3. The molecule has 2 aromatic rings. The molecule has 0 atom stereocenters. The summed E-state index contributed by atoms with van der Waals surface area (Å²) in [6.07, 6.45) is -0.0126. The Hall–Kier alpha value is -1.42. The van der Waals surface area contributed by atoms with Gasteiger partial charge in [0.2, 0.25) is 5.91 Å². The maximum atomic E-state index is 11.5. The van der Waals surface area contributed by atoms with Crippen LogP contribution in [0, 0.1) is 0 Å². The lowest BCUT2D eigenvalue weighted by molar-refractivity contribution is -0.116. The van der Waals surface area contributed by atoms with Crippen LogP contribution in [0.2, 0.25) is 0 Å². The van der Waals surface area contributed by atoms with Gasteiger partial charge in [0.25, 0.3) is 0 Å². The number of Topliss-reactive ketones (excluding diaryl/α,β-unsaturated/α-hetero) is 1. The molecule has 0 unspecified atom stereocenters. The van der Waals surface area contributed by atoms with Gasteiger partial charge in [-0.2, -0.15) is 0 Å². The van der Waals surface area contributed by atoms with Gasteiger partial charge in [-0.25, -0.2) is 3.96 Å². The first-order valence-corrected chi connectivity index (χ1v) is 5.05. The van der Waals surface area contributed by atoms with Crippen LogP contribution in [0.15, 0.2) is 24.3 Å². The lowest BCUT2D eigenvalue weighted by atomic mass is 10.3. The van der Waals surface area contributed by atoms with Crippen molar-refractivity contribution >= 4 is 33.4 Å². The van der Waals surface area contributed by atoms with Gasteiger partial charge >= 0.3 is 0 Å². The zero-order valence-corrected chi connectivity index (χ0v) is 8.50. The third kappa shape index (κ3) is 1.48. The van der Waals surface area contributed by atoms with E-state index in [1.165, 1.54) is 18.5 Å². The van der Waals surface area contributed by atoms with E-state index in [4.69, 9.17) is 0 Å². The summed E-state index contributed by atoms with van der Waals surface area (Å²) in [6, 6.07) is 7.65. The van der Waals surface area contributed by atoms with Gasteiger partial charge in [-0.3, -0.25) is 9.59 Å². The maximum Gasteiger partial charge on any atom is 0.247 e. The topological polar surface area (TPSA) is 39.1 Å². The van der Waals surface area contributed by atoms with Crippen LogP contribution in [-0.4, -0.2) is 15.6 Å². The first-order valence-electron chi connectivity index (χ1n) is 4.28. The van der Waals surface area contributed by atoms with Crippen molar-refractivity contribution in [2.24, 2.45) is 0 Å². The third-order valence-electron chi connectivity index (χ3n) is 1.90. The van der Waals surface area contributed by atoms with E-state index in [2.05, 4.69) is 0 Å². The van der Waals surface area contributed by atoms with E-state index in [1.54, 1.807) is 3.96 Å². The number of rotatable bonds is 2. The van der Waals surface area contributed by atoms with Crippen LogP contribution in [0.5, 0.6) is 0 Å². The lowest BCUT2D eigenvalue weighted by Gasteiger charge is -2.11. The quantitative estimate of drug-likeness (QED) is 0.709. The summed E-state index contributed by atoms with van der Waals surface area (Å²) in [5.41, 5.74) is 0.906. The van der Waals surface area contributed by atoms with Crippen LogP contribution in [0.3, 0.4) is 0 Å². The average molecular weight is 207 g/mol. The predicted octanol–water partition coefficient (Wildman–Crippen LogP) is 2.32. The van der Waals surface area contributed by atoms with Crippen LogP contribution >= 0.6 is 11.5 Å². The van der Waals surface area contributed by atoms with Crippen LogP contribution in [-0.2, 0) is 4.79 Å². The maximum absolute atomic E-state index is 11.5. The van der Waals surface area contributed by atoms with E-state index in [1.807, 2.05) is 24.3 Å². The summed E-state index contributed by atoms with van der Waals surface area (Å²) in [5.74, 6) is -0.235. The number of hydrogen-bond acceptors (Lipinski definition) is 3. The highest BCUT2D eigenvalue weighted by Gasteiger charge is 2.14. The Bertz CT molecular complexity index is 495. The second kappa shape index (κ2) is 3.38. The number of nitrogens with zero attached hydrogens (tertiary/aromatic N) is 1. The Morgan fingerprint density at radius 1 is 1.36 bits per heavy atom.